The summed E-state index contributed by atoms with van der Waals surface area (Å²) in [6, 6.07) is 6.96. The van der Waals surface area contributed by atoms with Crippen LogP contribution in [0.15, 0.2) is 36.7 Å². The fourth-order valence-corrected chi connectivity index (χ4v) is 2.77. The van der Waals surface area contributed by atoms with E-state index in [1.54, 1.807) is 43.8 Å². The number of hydrogen-bond acceptors (Lipinski definition) is 5. The van der Waals surface area contributed by atoms with E-state index in [4.69, 9.17) is 4.74 Å². The molecule has 2 heterocycles. The molecule has 1 aliphatic heterocycles. The molecule has 0 aliphatic carbocycles. The third-order valence-corrected chi connectivity index (χ3v) is 4.14. The minimum Gasteiger partial charge on any atom is -0.497 e. The van der Waals surface area contributed by atoms with Crippen LogP contribution in [0.2, 0.25) is 0 Å². The summed E-state index contributed by atoms with van der Waals surface area (Å²) < 4.78 is 5.09. The molecular weight excluding hydrogens is 304 g/mol. The van der Waals surface area contributed by atoms with E-state index in [9.17, 15) is 4.79 Å². The first kappa shape index (κ1) is 16.2. The van der Waals surface area contributed by atoms with Crippen LogP contribution in [-0.4, -0.2) is 36.1 Å². The smallest absolute Gasteiger partial charge is 0.255 e. The lowest BCUT2D eigenvalue weighted by Crippen LogP contribution is -2.26. The second-order valence-corrected chi connectivity index (χ2v) is 5.86. The van der Waals surface area contributed by atoms with Crippen LogP contribution in [0.5, 0.6) is 5.75 Å². The molecule has 1 saturated heterocycles. The number of methoxy groups -OCH3 is 1. The monoisotopic (exact) mass is 326 g/mol. The van der Waals surface area contributed by atoms with E-state index in [1.807, 2.05) is 0 Å². The minimum atomic E-state index is -0.191. The fourth-order valence-electron chi connectivity index (χ4n) is 2.77. The lowest BCUT2D eigenvalue weighted by atomic mass is 10.2. The highest BCUT2D eigenvalue weighted by Gasteiger charge is 2.13. The second-order valence-electron chi connectivity index (χ2n) is 5.86. The van der Waals surface area contributed by atoms with Gasteiger partial charge >= 0.3 is 0 Å². The molecule has 6 nitrogen and oxygen atoms in total. The molecule has 0 atom stereocenters. The highest BCUT2D eigenvalue weighted by Crippen LogP contribution is 2.17. The average Bonchev–Trinajstić information content (AvgIpc) is 2.92. The van der Waals surface area contributed by atoms with E-state index in [2.05, 4.69) is 20.2 Å². The van der Waals surface area contributed by atoms with Crippen molar-refractivity contribution >= 4 is 17.5 Å². The molecule has 3 rings (SSSR count). The first-order chi connectivity index (χ1) is 11.8. The Hall–Kier alpha value is -2.63. The Bertz CT molecular complexity index is 662. The number of carbonyl (C=O) groups is 1. The van der Waals surface area contributed by atoms with E-state index >= 15 is 0 Å². The number of ether oxygens (including phenoxy) is 1. The average molecular weight is 326 g/mol. The Balaban J connectivity index is 1.63. The molecule has 2 aromatic rings. The lowest BCUT2D eigenvalue weighted by molar-refractivity contribution is 0.102. The largest absolute Gasteiger partial charge is 0.497 e. The number of carbonyl (C=O) groups excluding carboxylic acids is 1. The normalized spacial score (nSPS) is 14.8. The summed E-state index contributed by atoms with van der Waals surface area (Å²) in [5, 5.41) is 2.81. The summed E-state index contributed by atoms with van der Waals surface area (Å²) in [7, 11) is 1.60. The van der Waals surface area contributed by atoms with Gasteiger partial charge in [0.25, 0.3) is 5.91 Å². The van der Waals surface area contributed by atoms with Gasteiger partial charge in [0.15, 0.2) is 0 Å². The van der Waals surface area contributed by atoms with Crippen molar-refractivity contribution in [2.45, 2.75) is 25.7 Å². The molecule has 0 unspecified atom stereocenters. The predicted molar refractivity (Wildman–Crippen MR) is 93.7 cm³/mol. The van der Waals surface area contributed by atoms with Gasteiger partial charge in [0.1, 0.15) is 5.75 Å². The van der Waals surface area contributed by atoms with Gasteiger partial charge in [-0.05, 0) is 37.1 Å². The van der Waals surface area contributed by atoms with Crippen LogP contribution in [0.25, 0.3) is 0 Å². The molecule has 0 bridgehead atoms. The molecule has 1 fully saturated rings. The summed E-state index contributed by atoms with van der Waals surface area (Å²) in [4.78, 5) is 23.2. The third kappa shape index (κ3) is 4.01. The second kappa shape index (κ2) is 7.77. The Morgan fingerprint density at radius 3 is 2.25 bits per heavy atom. The number of rotatable bonds is 4. The van der Waals surface area contributed by atoms with Crippen molar-refractivity contribution in [1.29, 1.82) is 0 Å². The lowest BCUT2D eigenvalue weighted by Gasteiger charge is -2.19. The Morgan fingerprint density at radius 1 is 1.04 bits per heavy atom. The van der Waals surface area contributed by atoms with Gasteiger partial charge < -0.3 is 15.0 Å². The number of hydrogen-bond donors (Lipinski definition) is 1. The molecule has 1 aliphatic rings. The van der Waals surface area contributed by atoms with Crippen molar-refractivity contribution in [3.63, 3.8) is 0 Å². The zero-order valence-electron chi connectivity index (χ0n) is 13.9. The van der Waals surface area contributed by atoms with Crippen molar-refractivity contribution in [3.05, 3.63) is 42.2 Å². The number of nitrogens with one attached hydrogen (secondary N) is 1. The van der Waals surface area contributed by atoms with E-state index in [0.717, 1.165) is 24.8 Å². The standard InChI is InChI=1S/C18H22N4O2/c1-24-16-8-6-14(7-9-16)17(23)21-15-12-19-18(20-13-15)22-10-4-2-3-5-11-22/h6-9,12-13H,2-5,10-11H2,1H3,(H,21,23). The predicted octanol–water partition coefficient (Wildman–Crippen LogP) is 3.12. The van der Waals surface area contributed by atoms with Crippen LogP contribution in [0, 0.1) is 0 Å². The molecule has 0 radical (unpaired) electrons. The molecule has 1 aromatic carbocycles. The van der Waals surface area contributed by atoms with E-state index in [1.165, 1.54) is 25.7 Å². The van der Waals surface area contributed by atoms with Crippen LogP contribution in [0.4, 0.5) is 11.6 Å². The molecule has 24 heavy (non-hydrogen) atoms. The number of aromatic nitrogens is 2. The zero-order chi connectivity index (χ0) is 16.8. The third-order valence-electron chi connectivity index (χ3n) is 4.14. The van der Waals surface area contributed by atoms with Gasteiger partial charge in [-0.1, -0.05) is 12.8 Å². The molecule has 1 aromatic heterocycles. The molecule has 0 saturated carbocycles. The Labute approximate surface area is 141 Å². The summed E-state index contributed by atoms with van der Waals surface area (Å²) in [5.74, 6) is 1.26. The van der Waals surface area contributed by atoms with Gasteiger partial charge in [-0.2, -0.15) is 0 Å². The van der Waals surface area contributed by atoms with Crippen molar-refractivity contribution < 1.29 is 9.53 Å². The maximum Gasteiger partial charge on any atom is 0.255 e. The molecule has 1 N–H and O–H groups in total. The topological polar surface area (TPSA) is 67.3 Å². The van der Waals surface area contributed by atoms with Crippen molar-refractivity contribution in [2.24, 2.45) is 0 Å². The first-order valence-corrected chi connectivity index (χ1v) is 8.28. The molecular formula is C18H22N4O2. The molecule has 1 amide bonds. The number of nitrogens with zero attached hydrogens (tertiary/aromatic N) is 3. The maximum atomic E-state index is 12.2. The van der Waals surface area contributed by atoms with Crippen molar-refractivity contribution in [3.8, 4) is 5.75 Å². The van der Waals surface area contributed by atoms with Crippen LogP contribution in [-0.2, 0) is 0 Å². The van der Waals surface area contributed by atoms with Crippen molar-refractivity contribution in [2.75, 3.05) is 30.4 Å². The number of anilines is 2. The SMILES string of the molecule is COc1ccc(C(=O)Nc2cnc(N3CCCCCC3)nc2)cc1. The summed E-state index contributed by atoms with van der Waals surface area (Å²) in [5.41, 5.74) is 1.15. The summed E-state index contributed by atoms with van der Waals surface area (Å²) in [6.07, 6.45) is 8.22. The molecule has 126 valence electrons. The molecule has 0 spiro atoms. The zero-order valence-corrected chi connectivity index (χ0v) is 13.9. The maximum absolute atomic E-state index is 12.2. The number of amides is 1. The van der Waals surface area contributed by atoms with Gasteiger partial charge in [-0.15, -0.1) is 0 Å². The van der Waals surface area contributed by atoms with E-state index < -0.39 is 0 Å². The summed E-state index contributed by atoms with van der Waals surface area (Å²) in [6.45, 7) is 2.00. The Kier molecular flexibility index (Phi) is 5.25. The Morgan fingerprint density at radius 2 is 1.67 bits per heavy atom. The molecule has 6 heteroatoms. The highest BCUT2D eigenvalue weighted by molar-refractivity contribution is 6.04. The first-order valence-electron chi connectivity index (χ1n) is 8.28. The quantitative estimate of drug-likeness (QED) is 0.935. The fraction of sp³-hybridized carbons (Fsp3) is 0.389. The summed E-state index contributed by atoms with van der Waals surface area (Å²) >= 11 is 0. The highest BCUT2D eigenvalue weighted by atomic mass is 16.5. The van der Waals surface area contributed by atoms with Gasteiger partial charge in [-0.3, -0.25) is 4.79 Å². The van der Waals surface area contributed by atoms with Gasteiger partial charge in [-0.25, -0.2) is 9.97 Å². The number of benzene rings is 1. The van der Waals surface area contributed by atoms with E-state index in [-0.39, 0.29) is 5.91 Å². The van der Waals surface area contributed by atoms with Crippen molar-refractivity contribution in [1.82, 2.24) is 9.97 Å². The minimum absolute atomic E-state index is 0.191. The van der Waals surface area contributed by atoms with E-state index in [0.29, 0.717) is 11.3 Å². The van der Waals surface area contributed by atoms with Gasteiger partial charge in [0.05, 0.1) is 25.2 Å². The van der Waals surface area contributed by atoms with Crippen LogP contribution in [0.1, 0.15) is 36.0 Å². The van der Waals surface area contributed by atoms with Gasteiger partial charge in [0.2, 0.25) is 5.95 Å². The van der Waals surface area contributed by atoms with Gasteiger partial charge in [0, 0.05) is 18.7 Å². The van der Waals surface area contributed by atoms with Crippen LogP contribution < -0.4 is 15.0 Å². The van der Waals surface area contributed by atoms with Crippen LogP contribution >= 0.6 is 0 Å². The van der Waals surface area contributed by atoms with Crippen LogP contribution in [0.3, 0.4) is 0 Å².